The largest absolute Gasteiger partial charge is 0.335 e. The van der Waals surface area contributed by atoms with Gasteiger partial charge in [0, 0.05) is 11.6 Å². The highest BCUT2D eigenvalue weighted by atomic mass is 16.5. The number of carbonyl (C=O) groups is 1. The summed E-state index contributed by atoms with van der Waals surface area (Å²) in [7, 11) is 0. The van der Waals surface area contributed by atoms with Crippen molar-refractivity contribution in [2.75, 3.05) is 0 Å². The van der Waals surface area contributed by atoms with Gasteiger partial charge in [0.2, 0.25) is 0 Å². The molecule has 3 rings (SSSR count). The highest BCUT2D eigenvalue weighted by Gasteiger charge is 2.34. The van der Waals surface area contributed by atoms with E-state index in [0.29, 0.717) is 23.7 Å². The van der Waals surface area contributed by atoms with Gasteiger partial charge >= 0.3 is 6.03 Å². The number of nitrogens with one attached hydrogen (secondary N) is 2. The Labute approximate surface area is 122 Å². The van der Waals surface area contributed by atoms with Crippen molar-refractivity contribution < 1.29 is 9.32 Å². The number of amides is 2. The molecule has 1 aromatic heterocycles. The van der Waals surface area contributed by atoms with Crippen LogP contribution >= 0.6 is 0 Å². The molecule has 0 spiro atoms. The standard InChI is InChI=1S/C15H18N4O2/c1-9-8-12(9)17-15(20)16-10(2)13-18-14(21-19-13)11-6-4-3-5-7-11/h3-7,9-10,12H,8H2,1-2H3,(H2,16,17,20)/t9-,10-,12+/m0/s1. The highest BCUT2D eigenvalue weighted by molar-refractivity contribution is 5.75. The van der Waals surface area contributed by atoms with Crippen molar-refractivity contribution in [3.8, 4) is 11.5 Å². The average molecular weight is 286 g/mol. The normalized spacial score (nSPS) is 21.6. The Morgan fingerprint density at radius 2 is 2.10 bits per heavy atom. The van der Waals surface area contributed by atoms with Crippen LogP contribution in [0.5, 0.6) is 0 Å². The fourth-order valence-corrected chi connectivity index (χ4v) is 2.10. The van der Waals surface area contributed by atoms with Crippen LogP contribution in [0.3, 0.4) is 0 Å². The molecule has 3 atom stereocenters. The van der Waals surface area contributed by atoms with Gasteiger partial charge in [0.15, 0.2) is 5.82 Å². The van der Waals surface area contributed by atoms with E-state index in [0.717, 1.165) is 12.0 Å². The van der Waals surface area contributed by atoms with Crippen LogP contribution in [0, 0.1) is 5.92 Å². The molecule has 6 nitrogen and oxygen atoms in total. The van der Waals surface area contributed by atoms with Crippen LogP contribution in [0.2, 0.25) is 0 Å². The Morgan fingerprint density at radius 3 is 2.76 bits per heavy atom. The zero-order chi connectivity index (χ0) is 14.8. The van der Waals surface area contributed by atoms with E-state index in [9.17, 15) is 4.79 Å². The number of urea groups is 1. The van der Waals surface area contributed by atoms with Gasteiger partial charge in [-0.15, -0.1) is 0 Å². The topological polar surface area (TPSA) is 80.0 Å². The summed E-state index contributed by atoms with van der Waals surface area (Å²) in [6, 6.07) is 9.34. The van der Waals surface area contributed by atoms with Crippen LogP contribution in [0.4, 0.5) is 4.79 Å². The van der Waals surface area contributed by atoms with Gasteiger partial charge in [-0.3, -0.25) is 0 Å². The van der Waals surface area contributed by atoms with Crippen LogP contribution in [0.25, 0.3) is 11.5 Å². The van der Waals surface area contributed by atoms with Gasteiger partial charge in [-0.05, 0) is 31.4 Å². The van der Waals surface area contributed by atoms with E-state index in [-0.39, 0.29) is 12.1 Å². The lowest BCUT2D eigenvalue weighted by Gasteiger charge is -2.10. The molecule has 6 heteroatoms. The van der Waals surface area contributed by atoms with Crippen molar-refractivity contribution >= 4 is 6.03 Å². The fraction of sp³-hybridized carbons (Fsp3) is 0.400. The van der Waals surface area contributed by atoms with Crippen LogP contribution in [0.15, 0.2) is 34.9 Å². The second-order valence-corrected chi connectivity index (χ2v) is 5.48. The molecule has 1 aliphatic rings. The summed E-state index contributed by atoms with van der Waals surface area (Å²) in [6.07, 6.45) is 1.04. The molecule has 0 saturated heterocycles. The minimum atomic E-state index is -0.305. The molecule has 1 fully saturated rings. The minimum absolute atomic E-state index is 0.192. The maximum Gasteiger partial charge on any atom is 0.315 e. The van der Waals surface area contributed by atoms with Crippen LogP contribution in [0.1, 0.15) is 32.1 Å². The molecule has 1 aromatic carbocycles. The number of nitrogens with zero attached hydrogens (tertiary/aromatic N) is 2. The van der Waals surface area contributed by atoms with Crippen molar-refractivity contribution in [2.45, 2.75) is 32.4 Å². The maximum absolute atomic E-state index is 11.8. The van der Waals surface area contributed by atoms with E-state index in [4.69, 9.17) is 4.52 Å². The molecule has 2 aromatic rings. The van der Waals surface area contributed by atoms with Gasteiger partial charge in [0.05, 0.1) is 6.04 Å². The Balaban J connectivity index is 1.61. The third kappa shape index (κ3) is 3.21. The van der Waals surface area contributed by atoms with E-state index in [1.165, 1.54) is 0 Å². The Bertz CT molecular complexity index is 626. The first-order valence-electron chi connectivity index (χ1n) is 7.09. The summed E-state index contributed by atoms with van der Waals surface area (Å²) >= 11 is 0. The Morgan fingerprint density at radius 1 is 1.38 bits per heavy atom. The minimum Gasteiger partial charge on any atom is -0.335 e. The first kappa shape index (κ1) is 13.6. The molecule has 2 amide bonds. The third-order valence-corrected chi connectivity index (χ3v) is 3.62. The van der Waals surface area contributed by atoms with Crippen LogP contribution < -0.4 is 10.6 Å². The monoisotopic (exact) mass is 286 g/mol. The molecular weight excluding hydrogens is 268 g/mol. The summed E-state index contributed by atoms with van der Waals surface area (Å²) < 4.78 is 5.23. The van der Waals surface area contributed by atoms with Gasteiger partial charge < -0.3 is 15.2 Å². The van der Waals surface area contributed by atoms with Crippen molar-refractivity contribution in [1.29, 1.82) is 0 Å². The molecule has 0 radical (unpaired) electrons. The van der Waals surface area contributed by atoms with Gasteiger partial charge in [-0.2, -0.15) is 4.98 Å². The maximum atomic E-state index is 11.8. The Kier molecular flexibility index (Phi) is 3.60. The van der Waals surface area contributed by atoms with Gasteiger partial charge in [-0.25, -0.2) is 4.79 Å². The summed E-state index contributed by atoms with van der Waals surface area (Å²) in [5, 5.41) is 9.65. The van der Waals surface area contributed by atoms with Crippen LogP contribution in [-0.4, -0.2) is 22.2 Å². The van der Waals surface area contributed by atoms with Crippen molar-refractivity contribution in [3.05, 3.63) is 36.2 Å². The molecular formula is C15H18N4O2. The second-order valence-electron chi connectivity index (χ2n) is 5.48. The number of hydrogen-bond donors (Lipinski definition) is 2. The zero-order valence-corrected chi connectivity index (χ0v) is 12.0. The van der Waals surface area contributed by atoms with Crippen LogP contribution in [-0.2, 0) is 0 Å². The van der Waals surface area contributed by atoms with E-state index in [1.54, 1.807) is 0 Å². The summed E-state index contributed by atoms with van der Waals surface area (Å²) in [4.78, 5) is 16.1. The molecule has 21 heavy (non-hydrogen) atoms. The average Bonchev–Trinajstić information content (AvgIpc) is 2.98. The molecule has 1 heterocycles. The molecule has 0 aliphatic heterocycles. The first-order valence-corrected chi connectivity index (χ1v) is 7.09. The van der Waals surface area contributed by atoms with Gasteiger partial charge in [0.1, 0.15) is 0 Å². The lowest BCUT2D eigenvalue weighted by atomic mass is 10.2. The number of aromatic nitrogens is 2. The number of carbonyl (C=O) groups excluding carboxylic acids is 1. The number of rotatable bonds is 4. The molecule has 0 unspecified atom stereocenters. The summed E-state index contributed by atoms with van der Waals surface area (Å²) in [5.74, 6) is 1.49. The van der Waals surface area contributed by atoms with E-state index >= 15 is 0 Å². The second kappa shape index (κ2) is 5.55. The van der Waals surface area contributed by atoms with Crippen molar-refractivity contribution in [3.63, 3.8) is 0 Å². The summed E-state index contributed by atoms with van der Waals surface area (Å²) in [5.41, 5.74) is 0.861. The zero-order valence-electron chi connectivity index (χ0n) is 12.0. The molecule has 1 saturated carbocycles. The van der Waals surface area contributed by atoms with E-state index in [2.05, 4.69) is 27.7 Å². The molecule has 110 valence electrons. The molecule has 0 bridgehead atoms. The quantitative estimate of drug-likeness (QED) is 0.905. The smallest absolute Gasteiger partial charge is 0.315 e. The predicted molar refractivity (Wildman–Crippen MR) is 77.4 cm³/mol. The predicted octanol–water partition coefficient (Wildman–Crippen LogP) is 2.51. The van der Waals surface area contributed by atoms with E-state index in [1.807, 2.05) is 37.3 Å². The van der Waals surface area contributed by atoms with Crippen molar-refractivity contribution in [2.24, 2.45) is 5.92 Å². The lowest BCUT2D eigenvalue weighted by Crippen LogP contribution is -2.39. The fourth-order valence-electron chi connectivity index (χ4n) is 2.10. The van der Waals surface area contributed by atoms with E-state index < -0.39 is 0 Å². The van der Waals surface area contributed by atoms with Crippen molar-refractivity contribution in [1.82, 2.24) is 20.8 Å². The number of hydrogen-bond acceptors (Lipinski definition) is 4. The van der Waals surface area contributed by atoms with Gasteiger partial charge in [-0.1, -0.05) is 30.3 Å². The highest BCUT2D eigenvalue weighted by Crippen LogP contribution is 2.28. The number of benzene rings is 1. The Hall–Kier alpha value is -2.37. The molecule has 1 aliphatic carbocycles. The molecule has 2 N–H and O–H groups in total. The first-order chi connectivity index (χ1) is 10.1. The van der Waals surface area contributed by atoms with Gasteiger partial charge in [0.25, 0.3) is 5.89 Å². The summed E-state index contributed by atoms with van der Waals surface area (Å²) in [6.45, 7) is 3.94. The third-order valence-electron chi connectivity index (χ3n) is 3.62. The SMILES string of the molecule is C[C@H](NC(=O)N[C@@H]1C[C@@H]1C)c1noc(-c2ccccc2)n1. The lowest BCUT2D eigenvalue weighted by molar-refractivity contribution is 0.236.